The fraction of sp³-hybridized carbons (Fsp3) is 0.118. The van der Waals surface area contributed by atoms with Crippen molar-refractivity contribution < 1.29 is 33.9 Å². The molecule has 2 aromatic carbocycles. The van der Waals surface area contributed by atoms with Gasteiger partial charge in [-0.25, -0.2) is 4.79 Å². The van der Waals surface area contributed by atoms with Crippen LogP contribution in [0.15, 0.2) is 36.4 Å². The molecule has 1 aliphatic heterocycles. The minimum absolute atomic E-state index is 0.0452. The van der Waals surface area contributed by atoms with Crippen LogP contribution < -0.4 is 0 Å². The van der Waals surface area contributed by atoms with Crippen molar-refractivity contribution in [3.8, 4) is 0 Å². The molecule has 0 unspecified atom stereocenters. The van der Waals surface area contributed by atoms with Crippen molar-refractivity contribution in [1.29, 1.82) is 0 Å². The Morgan fingerprint density at radius 1 is 0.806 bits per heavy atom. The van der Waals surface area contributed by atoms with E-state index in [0.717, 1.165) is 35.2 Å². The smallest absolute Gasteiger partial charge is 0.338 e. The number of carbonyl (C=O) groups is 3. The molecule has 0 N–H and O–H groups in total. The number of ether oxygens (including phenoxy) is 1. The van der Waals surface area contributed by atoms with Gasteiger partial charge in [-0.05, 0) is 6.07 Å². The Bertz CT molecular complexity index is 1140. The predicted octanol–water partition coefficient (Wildman–Crippen LogP) is 1.86. The molecule has 14 nitrogen and oxygen atoms in total. The summed E-state index contributed by atoms with van der Waals surface area (Å²) in [4.78, 5) is 67.6. The highest BCUT2D eigenvalue weighted by atomic mass is 16.6. The lowest BCUT2D eigenvalue weighted by Gasteiger charge is -2.13. The van der Waals surface area contributed by atoms with Crippen LogP contribution in [0.4, 0.5) is 17.1 Å². The van der Waals surface area contributed by atoms with Crippen LogP contribution in [0, 0.1) is 30.3 Å². The third-order valence-electron chi connectivity index (χ3n) is 4.27. The summed E-state index contributed by atoms with van der Waals surface area (Å²) in [6, 6.07) is 5.43. The number of amides is 2. The molecule has 0 bridgehead atoms. The molecule has 0 aromatic heterocycles. The zero-order chi connectivity index (χ0) is 22.9. The van der Waals surface area contributed by atoms with E-state index in [4.69, 9.17) is 4.74 Å². The fourth-order valence-electron chi connectivity index (χ4n) is 2.83. The minimum Gasteiger partial charge on any atom is -0.460 e. The molecular formula is C17H10N4O10. The van der Waals surface area contributed by atoms with Crippen molar-refractivity contribution in [2.45, 2.75) is 0 Å². The SMILES string of the molecule is O=C(OCCN1C(=O)c2ccc([N+](=O)[O-])cc2C1=O)c1cc([N+](=O)[O-])cc([N+](=O)[O-])c1. The molecule has 2 aromatic rings. The number of nitro benzene ring substituents is 3. The third kappa shape index (κ3) is 4.02. The maximum absolute atomic E-state index is 12.4. The van der Waals surface area contributed by atoms with Crippen LogP contribution >= 0.6 is 0 Å². The number of nitro groups is 3. The van der Waals surface area contributed by atoms with Gasteiger partial charge in [0.25, 0.3) is 28.9 Å². The van der Waals surface area contributed by atoms with E-state index in [1.807, 2.05) is 0 Å². The van der Waals surface area contributed by atoms with Gasteiger partial charge in [-0.2, -0.15) is 0 Å². The summed E-state index contributed by atoms with van der Waals surface area (Å²) in [6.45, 7) is -0.911. The lowest BCUT2D eigenvalue weighted by molar-refractivity contribution is -0.394. The highest BCUT2D eigenvalue weighted by Crippen LogP contribution is 2.27. The normalized spacial score (nSPS) is 12.5. The predicted molar refractivity (Wildman–Crippen MR) is 98.5 cm³/mol. The number of fused-ring (bicyclic) bond motifs is 1. The van der Waals surface area contributed by atoms with E-state index in [0.29, 0.717) is 6.07 Å². The molecule has 31 heavy (non-hydrogen) atoms. The van der Waals surface area contributed by atoms with E-state index < -0.39 is 62.6 Å². The summed E-state index contributed by atoms with van der Waals surface area (Å²) >= 11 is 0. The van der Waals surface area contributed by atoms with Crippen LogP contribution in [0.3, 0.4) is 0 Å². The number of hydrogen-bond acceptors (Lipinski definition) is 10. The lowest BCUT2D eigenvalue weighted by Crippen LogP contribution is -2.33. The van der Waals surface area contributed by atoms with Gasteiger partial charge >= 0.3 is 5.97 Å². The largest absolute Gasteiger partial charge is 0.460 e. The van der Waals surface area contributed by atoms with Crippen molar-refractivity contribution >= 4 is 34.8 Å². The summed E-state index contributed by atoms with van der Waals surface area (Å²) in [5, 5.41) is 32.6. The summed E-state index contributed by atoms with van der Waals surface area (Å²) in [7, 11) is 0. The van der Waals surface area contributed by atoms with E-state index in [1.54, 1.807) is 0 Å². The number of hydrogen-bond donors (Lipinski definition) is 0. The summed E-state index contributed by atoms with van der Waals surface area (Å²) < 4.78 is 4.88. The van der Waals surface area contributed by atoms with E-state index >= 15 is 0 Å². The van der Waals surface area contributed by atoms with Crippen LogP contribution in [0.25, 0.3) is 0 Å². The molecule has 0 aliphatic carbocycles. The molecule has 3 rings (SSSR count). The van der Waals surface area contributed by atoms with Crippen molar-refractivity contribution in [2.75, 3.05) is 13.2 Å². The van der Waals surface area contributed by atoms with E-state index in [2.05, 4.69) is 0 Å². The maximum Gasteiger partial charge on any atom is 0.338 e. The van der Waals surface area contributed by atoms with Gasteiger partial charge in [0.1, 0.15) is 6.61 Å². The Labute approximate surface area is 171 Å². The molecule has 0 radical (unpaired) electrons. The van der Waals surface area contributed by atoms with Gasteiger partial charge < -0.3 is 4.74 Å². The Morgan fingerprint density at radius 3 is 1.90 bits per heavy atom. The highest BCUT2D eigenvalue weighted by molar-refractivity contribution is 6.21. The molecule has 14 heteroatoms. The average Bonchev–Trinajstić information content (AvgIpc) is 2.97. The van der Waals surface area contributed by atoms with Crippen molar-refractivity contribution in [2.24, 2.45) is 0 Å². The van der Waals surface area contributed by atoms with Crippen LogP contribution in [-0.2, 0) is 4.74 Å². The first-order valence-electron chi connectivity index (χ1n) is 8.35. The maximum atomic E-state index is 12.4. The van der Waals surface area contributed by atoms with E-state index in [1.165, 1.54) is 0 Å². The number of benzene rings is 2. The molecule has 2 amide bonds. The second-order valence-corrected chi connectivity index (χ2v) is 6.14. The number of rotatable bonds is 7. The zero-order valence-corrected chi connectivity index (χ0v) is 15.2. The topological polar surface area (TPSA) is 193 Å². The van der Waals surface area contributed by atoms with Crippen LogP contribution in [0.2, 0.25) is 0 Å². The number of nitrogens with zero attached hydrogens (tertiary/aromatic N) is 4. The summed E-state index contributed by atoms with van der Waals surface area (Å²) in [6.07, 6.45) is 0. The first-order chi connectivity index (χ1) is 14.6. The quantitative estimate of drug-likeness (QED) is 0.271. The zero-order valence-electron chi connectivity index (χ0n) is 15.2. The molecule has 1 heterocycles. The molecular weight excluding hydrogens is 420 g/mol. The molecule has 0 spiro atoms. The molecule has 1 aliphatic rings. The summed E-state index contributed by atoms with van der Waals surface area (Å²) in [5.41, 5.74) is -2.43. The lowest BCUT2D eigenvalue weighted by atomic mass is 10.1. The Balaban J connectivity index is 1.70. The van der Waals surface area contributed by atoms with Crippen LogP contribution in [-0.4, -0.2) is 50.6 Å². The van der Waals surface area contributed by atoms with Gasteiger partial charge in [0.05, 0.1) is 44.1 Å². The van der Waals surface area contributed by atoms with Gasteiger partial charge in [-0.15, -0.1) is 0 Å². The summed E-state index contributed by atoms with van der Waals surface area (Å²) in [5.74, 6) is -2.69. The molecule has 0 saturated carbocycles. The standard InChI is InChI=1S/C17H10N4O10/c22-15-13-2-1-10(19(25)26)8-14(13)16(23)18(15)3-4-31-17(24)9-5-11(20(27)28)7-12(6-9)21(29)30/h1-2,5-8H,3-4H2. The Kier molecular flexibility index (Phi) is 5.37. The number of imide groups is 1. The second kappa shape index (κ2) is 7.94. The number of carbonyl (C=O) groups excluding carboxylic acids is 3. The van der Waals surface area contributed by atoms with Crippen molar-refractivity contribution in [3.05, 3.63) is 83.4 Å². The highest BCUT2D eigenvalue weighted by Gasteiger charge is 2.36. The van der Waals surface area contributed by atoms with Gasteiger partial charge in [-0.1, -0.05) is 0 Å². The van der Waals surface area contributed by atoms with Crippen molar-refractivity contribution in [1.82, 2.24) is 4.90 Å². The molecule has 0 saturated heterocycles. The average molecular weight is 430 g/mol. The third-order valence-corrected chi connectivity index (χ3v) is 4.27. The second-order valence-electron chi connectivity index (χ2n) is 6.14. The molecule has 0 fully saturated rings. The number of esters is 1. The van der Waals surface area contributed by atoms with Gasteiger partial charge in [0.2, 0.25) is 0 Å². The van der Waals surface area contributed by atoms with Crippen LogP contribution in [0.5, 0.6) is 0 Å². The first-order valence-corrected chi connectivity index (χ1v) is 8.35. The Hall–Kier alpha value is -4.75. The molecule has 0 atom stereocenters. The fourth-order valence-corrected chi connectivity index (χ4v) is 2.83. The van der Waals surface area contributed by atoms with E-state index in [-0.39, 0.29) is 16.8 Å². The monoisotopic (exact) mass is 430 g/mol. The van der Waals surface area contributed by atoms with Gasteiger partial charge in [0, 0.05) is 24.3 Å². The van der Waals surface area contributed by atoms with Gasteiger partial charge in [0.15, 0.2) is 0 Å². The van der Waals surface area contributed by atoms with Crippen LogP contribution in [0.1, 0.15) is 31.1 Å². The van der Waals surface area contributed by atoms with Crippen molar-refractivity contribution in [3.63, 3.8) is 0 Å². The first kappa shape index (κ1) is 21.0. The Morgan fingerprint density at radius 2 is 1.35 bits per heavy atom. The van der Waals surface area contributed by atoms with Gasteiger partial charge in [-0.3, -0.25) is 44.8 Å². The molecule has 158 valence electrons. The van der Waals surface area contributed by atoms with E-state index in [9.17, 15) is 44.7 Å². The number of non-ortho nitro benzene ring substituents is 3. The minimum atomic E-state index is -1.14.